The smallest absolute Gasteiger partial charge is 0.266 e. The molecule has 0 radical (unpaired) electrons. The molecule has 1 aliphatic rings. The molecule has 1 N–H and O–H groups in total. The molecule has 4 nitrogen and oxygen atoms in total. The highest BCUT2D eigenvalue weighted by molar-refractivity contribution is 6.09. The molecule has 0 bridgehead atoms. The summed E-state index contributed by atoms with van der Waals surface area (Å²) in [5.41, 5.74) is 4.35. The molecule has 0 unspecified atom stereocenters. The van der Waals surface area contributed by atoms with E-state index in [-0.39, 0.29) is 16.7 Å². The van der Waals surface area contributed by atoms with Crippen LogP contribution in [0.4, 0.5) is 15.8 Å². The van der Waals surface area contributed by atoms with E-state index in [2.05, 4.69) is 37.1 Å². The molecule has 0 saturated heterocycles. The van der Waals surface area contributed by atoms with Gasteiger partial charge in [-0.25, -0.2) is 4.39 Å². The molecule has 1 amide bonds. The van der Waals surface area contributed by atoms with E-state index >= 15 is 4.39 Å². The van der Waals surface area contributed by atoms with Crippen molar-refractivity contribution in [3.05, 3.63) is 70.6 Å². The molecule has 2 aromatic carbocycles. The Bertz CT molecular complexity index is 1100. The Kier molecular flexibility index (Phi) is 6.31. The highest BCUT2D eigenvalue weighted by Gasteiger charge is 2.31. The lowest BCUT2D eigenvalue weighted by Crippen LogP contribution is -2.45. The second-order valence-electron chi connectivity index (χ2n) is 8.29. The number of hydrogen-bond acceptors (Lipinski definition) is 3. The van der Waals surface area contributed by atoms with E-state index in [0.717, 1.165) is 35.4 Å². The maximum Gasteiger partial charge on any atom is 0.266 e. The lowest BCUT2D eigenvalue weighted by Gasteiger charge is -2.42. The first-order valence-electron chi connectivity index (χ1n) is 10.5. The molecular formula is C26H28FN3O. The number of hydrogen-bond donors (Lipinski definition) is 1. The van der Waals surface area contributed by atoms with Crippen molar-refractivity contribution in [1.82, 2.24) is 0 Å². The third-order valence-electron chi connectivity index (χ3n) is 5.70. The Morgan fingerprint density at radius 1 is 1.23 bits per heavy atom. The molecule has 0 fully saturated rings. The molecule has 0 atom stereocenters. The zero-order chi connectivity index (χ0) is 22.8. The summed E-state index contributed by atoms with van der Waals surface area (Å²) < 4.78 is 15.0. The minimum absolute atomic E-state index is 0.150. The van der Waals surface area contributed by atoms with Crippen LogP contribution in [0.25, 0.3) is 11.6 Å². The van der Waals surface area contributed by atoms with Crippen LogP contribution in [0.15, 0.2) is 48.0 Å². The number of fused-ring (bicyclic) bond motifs is 1. The normalized spacial score (nSPS) is 15.1. The summed E-state index contributed by atoms with van der Waals surface area (Å²) in [5, 5.41) is 12.2. The van der Waals surface area contributed by atoms with Gasteiger partial charge >= 0.3 is 0 Å². The first-order chi connectivity index (χ1) is 14.7. The van der Waals surface area contributed by atoms with Crippen LogP contribution in [0.2, 0.25) is 0 Å². The number of aryl methyl sites for hydroxylation is 1. The third-order valence-corrected chi connectivity index (χ3v) is 5.70. The van der Waals surface area contributed by atoms with Gasteiger partial charge in [0.1, 0.15) is 17.5 Å². The van der Waals surface area contributed by atoms with E-state index in [4.69, 9.17) is 0 Å². The van der Waals surface area contributed by atoms with Gasteiger partial charge in [0.05, 0.1) is 5.54 Å². The van der Waals surface area contributed by atoms with Crippen molar-refractivity contribution in [1.29, 1.82) is 5.26 Å². The summed E-state index contributed by atoms with van der Waals surface area (Å²) in [4.78, 5) is 14.7. The topological polar surface area (TPSA) is 56.1 Å². The Labute approximate surface area is 183 Å². The maximum absolute atomic E-state index is 15.0. The number of likely N-dealkylation sites (N-methyl/N-ethyl adjacent to an activating group) is 1. The largest absolute Gasteiger partial charge is 0.363 e. The first-order valence-corrected chi connectivity index (χ1v) is 10.5. The van der Waals surface area contributed by atoms with Crippen LogP contribution < -0.4 is 10.2 Å². The summed E-state index contributed by atoms with van der Waals surface area (Å²) >= 11 is 0. The van der Waals surface area contributed by atoms with Crippen molar-refractivity contribution in [3.8, 4) is 6.07 Å². The van der Waals surface area contributed by atoms with Crippen molar-refractivity contribution in [2.75, 3.05) is 16.8 Å². The van der Waals surface area contributed by atoms with Gasteiger partial charge in [0.2, 0.25) is 0 Å². The summed E-state index contributed by atoms with van der Waals surface area (Å²) in [5.74, 6) is -1.03. The number of amides is 1. The number of benzene rings is 2. The quantitative estimate of drug-likeness (QED) is 0.483. The second kappa shape index (κ2) is 8.77. The van der Waals surface area contributed by atoms with E-state index in [1.54, 1.807) is 18.2 Å². The van der Waals surface area contributed by atoms with E-state index in [0.29, 0.717) is 5.69 Å². The van der Waals surface area contributed by atoms with Crippen molar-refractivity contribution in [3.63, 3.8) is 0 Å². The van der Waals surface area contributed by atoms with Crippen LogP contribution in [0.5, 0.6) is 0 Å². The molecule has 3 rings (SSSR count). The number of rotatable bonds is 5. The SMILES string of the molecule is CCc1ccc(NC(=O)/C(C#N)=C/c2cc3c(cc2F)N(CC)C(C)(C)C=C3C)cc1. The Morgan fingerprint density at radius 2 is 1.90 bits per heavy atom. The average Bonchev–Trinajstić information content (AvgIpc) is 2.72. The van der Waals surface area contributed by atoms with Gasteiger partial charge in [-0.15, -0.1) is 0 Å². The lowest BCUT2D eigenvalue weighted by molar-refractivity contribution is -0.112. The van der Waals surface area contributed by atoms with Crippen molar-refractivity contribution in [2.45, 2.75) is 46.6 Å². The van der Waals surface area contributed by atoms with Crippen LogP contribution in [-0.4, -0.2) is 18.0 Å². The number of nitrogens with zero attached hydrogens (tertiary/aromatic N) is 2. The molecular weight excluding hydrogens is 389 g/mol. The van der Waals surface area contributed by atoms with Crippen LogP contribution in [-0.2, 0) is 11.2 Å². The van der Waals surface area contributed by atoms with Gasteiger partial charge in [-0.3, -0.25) is 4.79 Å². The van der Waals surface area contributed by atoms with Gasteiger partial charge < -0.3 is 10.2 Å². The van der Waals surface area contributed by atoms with Crippen LogP contribution in [0, 0.1) is 17.1 Å². The summed E-state index contributed by atoms with van der Waals surface area (Å²) in [6.45, 7) is 11.0. The summed E-state index contributed by atoms with van der Waals surface area (Å²) in [6.07, 6.45) is 4.37. The Balaban J connectivity index is 1.95. The highest BCUT2D eigenvalue weighted by atomic mass is 19.1. The summed E-state index contributed by atoms with van der Waals surface area (Å²) in [7, 11) is 0. The fourth-order valence-electron chi connectivity index (χ4n) is 4.13. The molecule has 5 heteroatoms. The molecule has 0 aromatic heterocycles. The second-order valence-corrected chi connectivity index (χ2v) is 8.29. The molecule has 1 heterocycles. The minimum atomic E-state index is -0.563. The molecule has 1 aliphatic heterocycles. The van der Waals surface area contributed by atoms with Gasteiger partial charge in [0, 0.05) is 29.0 Å². The van der Waals surface area contributed by atoms with Crippen molar-refractivity contribution < 1.29 is 9.18 Å². The zero-order valence-corrected chi connectivity index (χ0v) is 18.7. The van der Waals surface area contributed by atoms with Crippen LogP contribution in [0.3, 0.4) is 0 Å². The lowest BCUT2D eigenvalue weighted by atomic mass is 9.87. The van der Waals surface area contributed by atoms with Crippen LogP contribution in [0.1, 0.15) is 51.3 Å². The number of anilines is 2. The Morgan fingerprint density at radius 3 is 2.48 bits per heavy atom. The molecule has 0 aliphatic carbocycles. The van der Waals surface area contributed by atoms with Gasteiger partial charge in [-0.05, 0) is 75.6 Å². The number of halogens is 1. The first kappa shape index (κ1) is 22.3. The standard InChI is InChI=1S/C26H28FN3O/c1-6-18-8-10-21(11-9-18)29-25(31)20(16-28)12-19-13-22-17(3)15-26(4,5)30(7-2)24(22)14-23(19)27/h8-15H,6-7H2,1-5H3,(H,29,31)/b20-12+. The highest BCUT2D eigenvalue weighted by Crippen LogP contribution is 2.40. The molecule has 31 heavy (non-hydrogen) atoms. The number of nitriles is 1. The molecule has 0 spiro atoms. The van der Waals surface area contributed by atoms with Gasteiger partial charge in [0.25, 0.3) is 5.91 Å². The third kappa shape index (κ3) is 4.54. The number of nitrogens with one attached hydrogen (secondary N) is 1. The minimum Gasteiger partial charge on any atom is -0.363 e. The zero-order valence-electron chi connectivity index (χ0n) is 18.7. The van der Waals surface area contributed by atoms with E-state index < -0.39 is 11.7 Å². The Hall–Kier alpha value is -3.39. The predicted molar refractivity (Wildman–Crippen MR) is 125 cm³/mol. The van der Waals surface area contributed by atoms with E-state index in [9.17, 15) is 10.1 Å². The van der Waals surface area contributed by atoms with Crippen molar-refractivity contribution in [2.24, 2.45) is 0 Å². The summed E-state index contributed by atoms with van der Waals surface area (Å²) in [6, 6.07) is 12.5. The molecule has 160 valence electrons. The number of allylic oxidation sites excluding steroid dienone is 1. The fourth-order valence-corrected chi connectivity index (χ4v) is 4.13. The van der Waals surface area contributed by atoms with E-state index in [1.807, 2.05) is 32.0 Å². The number of carbonyl (C=O) groups excluding carboxylic acids is 1. The predicted octanol–water partition coefficient (Wildman–Crippen LogP) is 5.96. The van der Waals surface area contributed by atoms with Gasteiger partial charge in [-0.2, -0.15) is 5.26 Å². The molecule has 0 saturated carbocycles. The average molecular weight is 418 g/mol. The molecule has 2 aromatic rings. The van der Waals surface area contributed by atoms with Gasteiger partial charge in [0.15, 0.2) is 0 Å². The monoisotopic (exact) mass is 417 g/mol. The fraction of sp³-hybridized carbons (Fsp3) is 0.308. The van der Waals surface area contributed by atoms with Crippen LogP contribution >= 0.6 is 0 Å². The van der Waals surface area contributed by atoms with Crippen molar-refractivity contribution >= 4 is 28.9 Å². The van der Waals surface area contributed by atoms with Gasteiger partial charge in [-0.1, -0.05) is 25.1 Å². The maximum atomic E-state index is 15.0. The van der Waals surface area contributed by atoms with E-state index in [1.165, 1.54) is 12.1 Å². The number of carbonyl (C=O) groups is 1.